The number of halogens is 3. The van der Waals surface area contributed by atoms with Gasteiger partial charge >= 0.3 is 6.18 Å². The minimum absolute atomic E-state index is 0.0203. The molecule has 1 saturated heterocycles. The summed E-state index contributed by atoms with van der Waals surface area (Å²) >= 11 is 0. The van der Waals surface area contributed by atoms with Crippen LogP contribution in [-0.2, 0) is 11.3 Å². The number of ether oxygens (including phenoxy) is 2. The second kappa shape index (κ2) is 5.79. The van der Waals surface area contributed by atoms with Crippen LogP contribution < -0.4 is 4.74 Å². The van der Waals surface area contributed by atoms with Gasteiger partial charge in [0.25, 0.3) is 5.91 Å². The van der Waals surface area contributed by atoms with Gasteiger partial charge in [-0.3, -0.25) is 4.79 Å². The zero-order valence-corrected chi connectivity index (χ0v) is 11.8. The Morgan fingerprint density at radius 2 is 2.27 bits per heavy atom. The smallest absolute Gasteiger partial charge is 0.406 e. The van der Waals surface area contributed by atoms with Gasteiger partial charge in [-0.15, -0.1) is 0 Å². The van der Waals surface area contributed by atoms with E-state index in [9.17, 15) is 18.0 Å². The van der Waals surface area contributed by atoms with Crippen molar-refractivity contribution in [3.05, 3.63) is 11.8 Å². The van der Waals surface area contributed by atoms with Gasteiger partial charge in [-0.1, -0.05) is 0 Å². The first-order valence-corrected chi connectivity index (χ1v) is 7.10. The third-order valence-corrected chi connectivity index (χ3v) is 3.68. The molecule has 2 aliphatic rings. The summed E-state index contributed by atoms with van der Waals surface area (Å²) in [6.45, 7) is 0.278. The van der Waals surface area contributed by atoms with Crippen LogP contribution in [0.25, 0.3) is 0 Å². The van der Waals surface area contributed by atoms with Crippen molar-refractivity contribution in [3.63, 3.8) is 0 Å². The lowest BCUT2D eigenvalue weighted by atomic mass is 10.2. The molecule has 1 fully saturated rings. The number of fused-ring (bicyclic) bond motifs is 1. The fourth-order valence-electron chi connectivity index (χ4n) is 2.65. The van der Waals surface area contributed by atoms with E-state index >= 15 is 0 Å². The molecule has 0 N–H and O–H groups in total. The fourth-order valence-corrected chi connectivity index (χ4v) is 2.65. The van der Waals surface area contributed by atoms with Crippen LogP contribution >= 0.6 is 0 Å². The molecule has 122 valence electrons. The number of carbonyl (C=O) groups is 1. The fraction of sp³-hybridized carbons (Fsp3) is 0.692. The molecule has 9 heteroatoms. The lowest BCUT2D eigenvalue weighted by molar-refractivity contribution is -0.144. The minimum Gasteiger partial charge on any atom is -0.478 e. The molecule has 1 unspecified atom stereocenters. The van der Waals surface area contributed by atoms with E-state index in [1.807, 2.05) is 0 Å². The lowest BCUT2D eigenvalue weighted by Gasteiger charge is -2.28. The van der Waals surface area contributed by atoms with Gasteiger partial charge in [0, 0.05) is 25.6 Å². The number of alkyl halides is 3. The summed E-state index contributed by atoms with van der Waals surface area (Å²) in [6.07, 6.45) is -3.31. The zero-order valence-electron chi connectivity index (χ0n) is 11.8. The van der Waals surface area contributed by atoms with E-state index < -0.39 is 24.7 Å². The highest BCUT2D eigenvalue weighted by Crippen LogP contribution is 2.25. The van der Waals surface area contributed by atoms with Crippen LogP contribution in [0.15, 0.2) is 6.07 Å². The van der Waals surface area contributed by atoms with Crippen LogP contribution in [0, 0.1) is 0 Å². The highest BCUT2D eigenvalue weighted by Gasteiger charge is 2.39. The average molecular weight is 319 g/mol. The summed E-state index contributed by atoms with van der Waals surface area (Å²) in [6, 6.07) is 0.828. The highest BCUT2D eigenvalue weighted by atomic mass is 19.4. The third kappa shape index (κ3) is 3.18. The Hall–Kier alpha value is -1.77. The van der Waals surface area contributed by atoms with Crippen LogP contribution in [0.3, 0.4) is 0 Å². The molecular weight excluding hydrogens is 303 g/mol. The standard InChI is InChI=1S/C13H16F3N3O3/c14-13(15,16)8-18(9-2-5-21-7-9)12(20)10-6-11-19(17-10)3-1-4-22-11/h6,9H,1-5,7-8H2. The Balaban J connectivity index is 1.82. The summed E-state index contributed by atoms with van der Waals surface area (Å²) in [5.74, 6) is -0.317. The van der Waals surface area contributed by atoms with E-state index in [0.29, 0.717) is 32.1 Å². The quantitative estimate of drug-likeness (QED) is 0.846. The highest BCUT2D eigenvalue weighted by molar-refractivity contribution is 5.93. The molecule has 3 rings (SSSR count). The summed E-state index contributed by atoms with van der Waals surface area (Å²) in [7, 11) is 0. The van der Waals surface area contributed by atoms with E-state index in [2.05, 4.69) is 5.10 Å². The molecule has 6 nitrogen and oxygen atoms in total. The topological polar surface area (TPSA) is 56.6 Å². The first-order valence-electron chi connectivity index (χ1n) is 7.10. The van der Waals surface area contributed by atoms with Gasteiger partial charge in [0.15, 0.2) is 5.69 Å². The molecule has 0 spiro atoms. The van der Waals surface area contributed by atoms with Crippen LogP contribution in [0.5, 0.6) is 5.88 Å². The Bertz CT molecular complexity index is 529. The maximum absolute atomic E-state index is 12.8. The second-order valence-corrected chi connectivity index (χ2v) is 5.36. The van der Waals surface area contributed by atoms with Crippen molar-refractivity contribution in [2.45, 2.75) is 31.6 Å². The summed E-state index contributed by atoms with van der Waals surface area (Å²) in [5, 5.41) is 4.07. The molecule has 0 saturated carbocycles. The monoisotopic (exact) mass is 319 g/mol. The summed E-state index contributed by atoms with van der Waals surface area (Å²) in [4.78, 5) is 13.3. The Morgan fingerprint density at radius 3 is 2.91 bits per heavy atom. The minimum atomic E-state index is -4.46. The van der Waals surface area contributed by atoms with Crippen molar-refractivity contribution in [1.82, 2.24) is 14.7 Å². The van der Waals surface area contributed by atoms with E-state index in [0.717, 1.165) is 11.3 Å². The number of hydrogen-bond acceptors (Lipinski definition) is 4. The van der Waals surface area contributed by atoms with Crippen LogP contribution in [0.4, 0.5) is 13.2 Å². The second-order valence-electron chi connectivity index (χ2n) is 5.36. The zero-order chi connectivity index (χ0) is 15.7. The lowest BCUT2D eigenvalue weighted by Crippen LogP contribution is -2.46. The maximum atomic E-state index is 12.8. The van der Waals surface area contributed by atoms with Gasteiger partial charge in [-0.2, -0.15) is 18.3 Å². The number of amides is 1. The summed E-state index contributed by atoms with van der Waals surface area (Å²) < 4.78 is 50.3. The van der Waals surface area contributed by atoms with Gasteiger partial charge in [-0.05, 0) is 6.42 Å². The SMILES string of the molecule is O=C(c1cc2n(n1)CCCO2)N(CC(F)(F)F)C1CCOC1. The Labute approximate surface area is 124 Å². The molecule has 1 amide bonds. The van der Waals surface area contributed by atoms with Crippen molar-refractivity contribution in [2.24, 2.45) is 0 Å². The maximum Gasteiger partial charge on any atom is 0.406 e. The van der Waals surface area contributed by atoms with Gasteiger partial charge in [-0.25, -0.2) is 4.68 Å². The van der Waals surface area contributed by atoms with Gasteiger partial charge < -0.3 is 14.4 Å². The Kier molecular flexibility index (Phi) is 3.98. The van der Waals surface area contributed by atoms with Crippen LogP contribution in [0.1, 0.15) is 23.3 Å². The molecule has 1 atom stereocenters. The normalized spacial score (nSPS) is 21.3. The first-order chi connectivity index (χ1) is 10.4. The number of aromatic nitrogens is 2. The van der Waals surface area contributed by atoms with E-state index in [1.54, 1.807) is 0 Å². The first kappa shape index (κ1) is 15.1. The third-order valence-electron chi connectivity index (χ3n) is 3.68. The number of carbonyl (C=O) groups excluding carboxylic acids is 1. The predicted octanol–water partition coefficient (Wildman–Crippen LogP) is 1.46. The van der Waals surface area contributed by atoms with E-state index in [-0.39, 0.29) is 12.3 Å². The molecule has 0 bridgehead atoms. The molecule has 0 aromatic carbocycles. The van der Waals surface area contributed by atoms with Crippen LogP contribution in [0.2, 0.25) is 0 Å². The molecule has 0 aliphatic carbocycles. The van der Waals surface area contributed by atoms with Crippen LogP contribution in [-0.4, -0.2) is 59.2 Å². The predicted molar refractivity (Wildman–Crippen MR) is 68.7 cm³/mol. The summed E-state index contributed by atoms with van der Waals surface area (Å²) in [5.41, 5.74) is -0.0203. The largest absolute Gasteiger partial charge is 0.478 e. The average Bonchev–Trinajstić information content (AvgIpc) is 3.11. The molecule has 1 aromatic heterocycles. The number of aryl methyl sites for hydroxylation is 1. The van der Waals surface area contributed by atoms with Crippen molar-refractivity contribution in [2.75, 3.05) is 26.4 Å². The van der Waals surface area contributed by atoms with Gasteiger partial charge in [0.2, 0.25) is 5.88 Å². The Morgan fingerprint density at radius 1 is 1.45 bits per heavy atom. The van der Waals surface area contributed by atoms with Gasteiger partial charge in [0.05, 0.1) is 19.3 Å². The molecular formula is C13H16F3N3O3. The van der Waals surface area contributed by atoms with Crippen molar-refractivity contribution >= 4 is 5.91 Å². The van der Waals surface area contributed by atoms with E-state index in [1.165, 1.54) is 10.7 Å². The number of rotatable bonds is 3. The van der Waals surface area contributed by atoms with Crippen molar-refractivity contribution in [3.8, 4) is 5.88 Å². The van der Waals surface area contributed by atoms with Crippen molar-refractivity contribution in [1.29, 1.82) is 0 Å². The van der Waals surface area contributed by atoms with Crippen molar-refractivity contribution < 1.29 is 27.4 Å². The molecule has 0 radical (unpaired) electrons. The molecule has 22 heavy (non-hydrogen) atoms. The molecule has 3 heterocycles. The van der Waals surface area contributed by atoms with Gasteiger partial charge in [0.1, 0.15) is 6.54 Å². The number of hydrogen-bond donors (Lipinski definition) is 0. The molecule has 1 aromatic rings. The van der Waals surface area contributed by atoms with E-state index in [4.69, 9.17) is 9.47 Å². The molecule has 2 aliphatic heterocycles. The number of nitrogens with zero attached hydrogens (tertiary/aromatic N) is 3.